The van der Waals surface area contributed by atoms with Crippen LogP contribution in [0.4, 0.5) is 0 Å². The van der Waals surface area contributed by atoms with Gasteiger partial charge in [-0.3, -0.25) is 0 Å². The number of carboxylic acid groups (broad SMARTS) is 1. The van der Waals surface area contributed by atoms with E-state index >= 15 is 0 Å². The number of aliphatic carboxylic acids is 1. The molecule has 104 valence electrons. The van der Waals surface area contributed by atoms with E-state index in [1.807, 2.05) is 0 Å². The van der Waals surface area contributed by atoms with Gasteiger partial charge in [-0.25, -0.2) is 9.59 Å². The second-order valence-electron chi connectivity index (χ2n) is 3.53. The van der Waals surface area contributed by atoms with E-state index in [0.29, 0.717) is 5.56 Å². The number of carboxylic acids is 1. The highest BCUT2D eigenvalue weighted by molar-refractivity contribution is 5.89. The first-order valence-corrected chi connectivity index (χ1v) is 5.40. The van der Waals surface area contributed by atoms with Crippen LogP contribution in [0.1, 0.15) is 11.1 Å². The van der Waals surface area contributed by atoms with Crippen molar-refractivity contribution >= 4 is 18.0 Å². The van der Waals surface area contributed by atoms with Crippen LogP contribution in [0.2, 0.25) is 0 Å². The molecule has 1 aromatic rings. The third kappa shape index (κ3) is 4.07. The molecule has 1 aromatic carbocycles. The minimum absolute atomic E-state index is 0.117. The number of phenolic OH excluding ortho intramolecular Hbond substituents is 1. The van der Waals surface area contributed by atoms with Gasteiger partial charge in [0.15, 0.2) is 11.5 Å². The molecule has 6 heteroatoms. The Balaban J connectivity index is 3.27. The van der Waals surface area contributed by atoms with Crippen LogP contribution in [-0.4, -0.2) is 36.4 Å². The molecule has 0 bridgehead atoms. The number of hydrogen-bond acceptors (Lipinski definition) is 5. The Hall–Kier alpha value is -2.94. The molecule has 0 spiro atoms. The number of benzene rings is 1. The number of esters is 1. The Bertz CT molecular complexity index is 619. The first-order valence-electron chi connectivity index (χ1n) is 5.40. The van der Waals surface area contributed by atoms with E-state index in [1.54, 1.807) is 0 Å². The summed E-state index contributed by atoms with van der Waals surface area (Å²) >= 11 is 0. The van der Waals surface area contributed by atoms with E-state index in [4.69, 9.17) is 9.84 Å². The summed E-state index contributed by atoms with van der Waals surface area (Å²) in [5.41, 5.74) is 0.580. The second kappa shape index (κ2) is 6.85. The zero-order chi connectivity index (χ0) is 15.1. The van der Waals surface area contributed by atoms with Gasteiger partial charge in [-0.05, 0) is 23.8 Å². The van der Waals surface area contributed by atoms with Gasteiger partial charge in [0.25, 0.3) is 0 Å². The Morgan fingerprint density at radius 3 is 2.55 bits per heavy atom. The van der Waals surface area contributed by atoms with Crippen molar-refractivity contribution in [1.82, 2.24) is 0 Å². The number of methoxy groups -OCH3 is 2. The summed E-state index contributed by atoms with van der Waals surface area (Å²) in [5, 5.41) is 18.4. The lowest BCUT2D eigenvalue weighted by atomic mass is 10.1. The van der Waals surface area contributed by atoms with Crippen molar-refractivity contribution in [3.05, 3.63) is 29.3 Å². The summed E-state index contributed by atoms with van der Waals surface area (Å²) in [6, 6.07) is 2.87. The van der Waals surface area contributed by atoms with Crippen LogP contribution in [0.5, 0.6) is 11.5 Å². The number of rotatable bonds is 3. The highest BCUT2D eigenvalue weighted by atomic mass is 16.5. The average molecular weight is 276 g/mol. The molecule has 0 aliphatic heterocycles. The first kappa shape index (κ1) is 15.1. The maximum atomic E-state index is 11.0. The minimum Gasteiger partial charge on any atom is -0.503 e. The third-order valence-electron chi connectivity index (χ3n) is 2.22. The molecule has 0 atom stereocenters. The van der Waals surface area contributed by atoms with Crippen LogP contribution in [0.3, 0.4) is 0 Å². The predicted octanol–water partition coefficient (Wildman–Crippen LogP) is 1.02. The van der Waals surface area contributed by atoms with Gasteiger partial charge in [-0.1, -0.05) is 5.92 Å². The fourth-order valence-electron chi connectivity index (χ4n) is 1.31. The standard InChI is InChI=1S/C14H12O6/c1-19-11-8-9(3-5-12(15)16)7-10(14(11)18)4-6-13(17)20-2/h3,5,7-8,18H,1-2H3,(H,15,16). The molecule has 1 rings (SSSR count). The van der Waals surface area contributed by atoms with E-state index in [9.17, 15) is 14.7 Å². The molecule has 0 unspecified atom stereocenters. The van der Waals surface area contributed by atoms with Crippen molar-refractivity contribution in [2.24, 2.45) is 0 Å². The predicted molar refractivity (Wildman–Crippen MR) is 70.2 cm³/mol. The fourth-order valence-corrected chi connectivity index (χ4v) is 1.31. The highest BCUT2D eigenvalue weighted by Gasteiger charge is 2.08. The maximum Gasteiger partial charge on any atom is 0.384 e. The lowest BCUT2D eigenvalue weighted by Crippen LogP contribution is -1.95. The maximum absolute atomic E-state index is 11.0. The Morgan fingerprint density at radius 1 is 1.30 bits per heavy atom. The van der Waals surface area contributed by atoms with Gasteiger partial charge in [0, 0.05) is 12.0 Å². The smallest absolute Gasteiger partial charge is 0.384 e. The number of carbonyl (C=O) groups is 2. The Kier molecular flexibility index (Phi) is 5.18. The van der Waals surface area contributed by atoms with Gasteiger partial charge in [0.2, 0.25) is 0 Å². The van der Waals surface area contributed by atoms with E-state index in [1.165, 1.54) is 32.4 Å². The Labute approximate surface area is 115 Å². The molecular formula is C14H12O6. The molecule has 0 aliphatic rings. The van der Waals surface area contributed by atoms with E-state index < -0.39 is 11.9 Å². The van der Waals surface area contributed by atoms with Crippen molar-refractivity contribution in [3.63, 3.8) is 0 Å². The van der Waals surface area contributed by atoms with Gasteiger partial charge in [0.1, 0.15) is 0 Å². The third-order valence-corrected chi connectivity index (χ3v) is 2.22. The second-order valence-corrected chi connectivity index (χ2v) is 3.53. The van der Waals surface area contributed by atoms with Crippen molar-refractivity contribution < 1.29 is 29.3 Å². The molecular weight excluding hydrogens is 264 g/mol. The Morgan fingerprint density at radius 2 is 2.00 bits per heavy atom. The van der Waals surface area contributed by atoms with Gasteiger partial charge < -0.3 is 19.7 Å². The molecule has 20 heavy (non-hydrogen) atoms. The molecule has 0 saturated carbocycles. The average Bonchev–Trinajstić information content (AvgIpc) is 2.44. The number of aromatic hydroxyl groups is 1. The molecule has 2 N–H and O–H groups in total. The molecule has 0 amide bonds. The lowest BCUT2D eigenvalue weighted by molar-refractivity contribution is -0.134. The topological polar surface area (TPSA) is 93.1 Å². The molecule has 6 nitrogen and oxygen atoms in total. The zero-order valence-corrected chi connectivity index (χ0v) is 10.8. The van der Waals surface area contributed by atoms with Gasteiger partial charge in [0.05, 0.1) is 19.8 Å². The van der Waals surface area contributed by atoms with E-state index in [0.717, 1.165) is 6.08 Å². The van der Waals surface area contributed by atoms with Gasteiger partial charge in [-0.2, -0.15) is 0 Å². The molecule has 0 heterocycles. The molecule has 0 radical (unpaired) electrons. The van der Waals surface area contributed by atoms with Crippen molar-refractivity contribution in [1.29, 1.82) is 0 Å². The molecule has 0 aliphatic carbocycles. The van der Waals surface area contributed by atoms with Crippen LogP contribution in [0, 0.1) is 11.8 Å². The van der Waals surface area contributed by atoms with E-state index in [-0.39, 0.29) is 17.1 Å². The highest BCUT2D eigenvalue weighted by Crippen LogP contribution is 2.31. The largest absolute Gasteiger partial charge is 0.503 e. The number of ether oxygens (including phenoxy) is 2. The van der Waals surface area contributed by atoms with Crippen LogP contribution in [0.25, 0.3) is 6.08 Å². The minimum atomic E-state index is -1.11. The van der Waals surface area contributed by atoms with Crippen molar-refractivity contribution in [2.75, 3.05) is 14.2 Å². The summed E-state index contributed by atoms with van der Waals surface area (Å²) in [5.74, 6) is 2.61. The summed E-state index contributed by atoms with van der Waals surface area (Å²) < 4.78 is 9.31. The van der Waals surface area contributed by atoms with Crippen LogP contribution < -0.4 is 4.74 Å². The van der Waals surface area contributed by atoms with Crippen LogP contribution in [-0.2, 0) is 14.3 Å². The number of carbonyl (C=O) groups excluding carboxylic acids is 1. The fraction of sp³-hybridized carbons (Fsp3) is 0.143. The zero-order valence-electron chi connectivity index (χ0n) is 10.8. The quantitative estimate of drug-likeness (QED) is 0.486. The summed E-state index contributed by atoms with van der Waals surface area (Å²) in [6.45, 7) is 0. The SMILES string of the molecule is COC(=O)C#Cc1cc(C=CC(=O)O)cc(OC)c1O. The van der Waals surface area contributed by atoms with Crippen LogP contribution >= 0.6 is 0 Å². The number of phenols is 1. The van der Waals surface area contributed by atoms with E-state index in [2.05, 4.69) is 16.6 Å². The molecule has 0 aromatic heterocycles. The number of hydrogen-bond donors (Lipinski definition) is 2. The first-order chi connectivity index (χ1) is 9.47. The summed E-state index contributed by atoms with van der Waals surface area (Å²) in [7, 11) is 2.53. The molecule has 0 saturated heterocycles. The van der Waals surface area contributed by atoms with Crippen molar-refractivity contribution in [3.8, 4) is 23.3 Å². The van der Waals surface area contributed by atoms with Crippen LogP contribution in [0.15, 0.2) is 18.2 Å². The monoisotopic (exact) mass is 276 g/mol. The van der Waals surface area contributed by atoms with Gasteiger partial charge >= 0.3 is 11.9 Å². The summed E-state index contributed by atoms with van der Waals surface area (Å²) in [4.78, 5) is 21.4. The lowest BCUT2D eigenvalue weighted by Gasteiger charge is -2.06. The van der Waals surface area contributed by atoms with Gasteiger partial charge in [-0.15, -0.1) is 0 Å². The normalized spacial score (nSPS) is 9.70. The summed E-state index contributed by atoms with van der Waals surface area (Å²) in [6.07, 6.45) is 2.25. The molecule has 0 fully saturated rings. The van der Waals surface area contributed by atoms with Crippen molar-refractivity contribution in [2.45, 2.75) is 0 Å².